The van der Waals surface area contributed by atoms with Gasteiger partial charge in [0, 0.05) is 12.4 Å². The molecule has 1 aliphatic heterocycles. The number of hydrogen-bond donors (Lipinski definition) is 2. The van der Waals surface area contributed by atoms with E-state index in [9.17, 15) is 5.11 Å². The highest BCUT2D eigenvalue weighted by Crippen LogP contribution is 2.53. The average molecular weight is 245 g/mol. The Bertz CT molecular complexity index is 327. The molecule has 4 fully saturated rings. The van der Waals surface area contributed by atoms with E-state index in [-0.39, 0.29) is 6.10 Å². The molecule has 5 rings (SSSR count). The third kappa shape index (κ3) is 2.54. The quantitative estimate of drug-likeness (QED) is 0.687. The molecule has 5 aliphatic rings. The highest BCUT2D eigenvalue weighted by Gasteiger charge is 2.47. The Morgan fingerprint density at radius 3 is 1.72 bits per heavy atom. The molecule has 0 aromatic rings. The van der Waals surface area contributed by atoms with Crippen LogP contribution in [0.2, 0.25) is 0 Å². The lowest BCUT2D eigenvalue weighted by Crippen LogP contribution is -2.48. The summed E-state index contributed by atoms with van der Waals surface area (Å²) in [4.78, 5) is 0. The van der Waals surface area contributed by atoms with Gasteiger partial charge in [0.2, 0.25) is 0 Å². The van der Waals surface area contributed by atoms with Crippen LogP contribution in [0.1, 0.15) is 32.1 Å². The summed E-state index contributed by atoms with van der Waals surface area (Å²) >= 11 is 0. The maximum Gasteiger partial charge on any atom is 0.0596 e. The van der Waals surface area contributed by atoms with Gasteiger partial charge in [-0.1, -0.05) is 12.2 Å². The van der Waals surface area contributed by atoms with Gasteiger partial charge in [-0.2, -0.15) is 0 Å². The molecule has 0 radical (unpaired) electrons. The van der Waals surface area contributed by atoms with E-state index in [2.05, 4.69) is 5.32 Å². The summed E-state index contributed by atoms with van der Waals surface area (Å²) in [6, 6.07) is 0. The van der Waals surface area contributed by atoms with Gasteiger partial charge in [0.05, 0.1) is 6.10 Å². The molecule has 0 spiro atoms. The molecule has 4 aliphatic carbocycles. The summed E-state index contributed by atoms with van der Waals surface area (Å²) in [6.45, 7) is 0. The van der Waals surface area contributed by atoms with Crippen molar-refractivity contribution >= 4 is 0 Å². The van der Waals surface area contributed by atoms with Crippen LogP contribution in [0.3, 0.4) is 0 Å². The van der Waals surface area contributed by atoms with Gasteiger partial charge >= 0.3 is 0 Å². The predicted molar refractivity (Wildman–Crippen MR) is 73.6 cm³/mol. The summed E-state index contributed by atoms with van der Waals surface area (Å²) in [6.07, 6.45) is 18.5. The number of aliphatic hydroxyl groups is 1. The second-order valence-corrected chi connectivity index (χ2v) is 6.19. The highest BCUT2D eigenvalue weighted by molar-refractivity contribution is 5.14. The van der Waals surface area contributed by atoms with Crippen molar-refractivity contribution < 1.29 is 5.11 Å². The van der Waals surface area contributed by atoms with E-state index in [1.54, 1.807) is 0 Å². The minimum atomic E-state index is 0.0859. The molecule has 98 valence electrons. The number of allylic oxidation sites excluding steroid dienone is 4. The van der Waals surface area contributed by atoms with Crippen LogP contribution in [0.25, 0.3) is 0 Å². The van der Waals surface area contributed by atoms with Crippen LogP contribution in [0, 0.1) is 23.7 Å². The van der Waals surface area contributed by atoms with Gasteiger partial charge in [-0.3, -0.25) is 0 Å². The lowest BCUT2D eigenvalue weighted by molar-refractivity contribution is -0.0919. The van der Waals surface area contributed by atoms with Crippen LogP contribution in [-0.4, -0.2) is 11.2 Å². The van der Waals surface area contributed by atoms with Gasteiger partial charge in [-0.05, 0) is 67.9 Å². The van der Waals surface area contributed by atoms with Crippen LogP contribution in [0.4, 0.5) is 0 Å². The summed E-state index contributed by atoms with van der Waals surface area (Å²) in [5.74, 6) is 3.40. The molecule has 0 aromatic carbocycles. The van der Waals surface area contributed by atoms with Crippen molar-refractivity contribution in [2.24, 2.45) is 23.7 Å². The molecule has 0 amide bonds. The fourth-order valence-electron chi connectivity index (χ4n) is 4.30. The SMILES string of the molecule is C1=CC=CNC=C1.OC1C2CC3CC(C2)CC1C3. The molecule has 2 N–H and O–H groups in total. The van der Waals surface area contributed by atoms with Crippen molar-refractivity contribution in [2.45, 2.75) is 38.2 Å². The van der Waals surface area contributed by atoms with Crippen LogP contribution in [0.15, 0.2) is 36.7 Å². The van der Waals surface area contributed by atoms with Crippen molar-refractivity contribution in [3.63, 3.8) is 0 Å². The zero-order valence-corrected chi connectivity index (χ0v) is 10.8. The molecule has 2 nitrogen and oxygen atoms in total. The van der Waals surface area contributed by atoms with E-state index in [1.807, 2.05) is 36.7 Å². The zero-order valence-electron chi connectivity index (χ0n) is 10.8. The molecule has 1 heterocycles. The van der Waals surface area contributed by atoms with Gasteiger partial charge < -0.3 is 10.4 Å². The summed E-state index contributed by atoms with van der Waals surface area (Å²) < 4.78 is 0. The Kier molecular flexibility index (Phi) is 3.55. The monoisotopic (exact) mass is 245 g/mol. The minimum absolute atomic E-state index is 0.0859. The number of nitrogens with one attached hydrogen (secondary N) is 1. The number of rotatable bonds is 0. The summed E-state index contributed by atoms with van der Waals surface area (Å²) in [5, 5.41) is 12.8. The van der Waals surface area contributed by atoms with Crippen molar-refractivity contribution in [3.8, 4) is 0 Å². The largest absolute Gasteiger partial charge is 0.393 e. The molecule has 18 heavy (non-hydrogen) atoms. The number of hydrogen-bond acceptors (Lipinski definition) is 2. The Hall–Kier alpha value is -1.02. The molecule has 0 atom stereocenters. The van der Waals surface area contributed by atoms with Gasteiger partial charge in [-0.25, -0.2) is 0 Å². The maximum absolute atomic E-state index is 9.83. The van der Waals surface area contributed by atoms with E-state index < -0.39 is 0 Å². The Morgan fingerprint density at radius 1 is 0.722 bits per heavy atom. The fourth-order valence-corrected chi connectivity index (χ4v) is 4.30. The van der Waals surface area contributed by atoms with Gasteiger partial charge in [0.25, 0.3) is 0 Å². The normalized spacial score (nSPS) is 43.1. The van der Waals surface area contributed by atoms with Crippen LogP contribution >= 0.6 is 0 Å². The van der Waals surface area contributed by atoms with Crippen LogP contribution in [-0.2, 0) is 0 Å². The standard InChI is InChI=1S/C10H16O.C6H7N/c11-10-8-2-6-1-7(4-8)5-9(10)3-6;1-2-4-6-7-5-3-1/h6-11H,1-5H2;1-7H. The van der Waals surface area contributed by atoms with Gasteiger partial charge in [0.15, 0.2) is 0 Å². The predicted octanol–water partition coefficient (Wildman–Crippen LogP) is 2.98. The summed E-state index contributed by atoms with van der Waals surface area (Å²) in [7, 11) is 0. The lowest BCUT2D eigenvalue weighted by atomic mass is 9.55. The Labute approximate surface area is 109 Å². The van der Waals surface area contributed by atoms with Crippen molar-refractivity contribution in [1.82, 2.24) is 5.32 Å². The average Bonchev–Trinajstić information content (AvgIpc) is 2.67. The van der Waals surface area contributed by atoms with E-state index in [1.165, 1.54) is 32.1 Å². The first-order chi connectivity index (χ1) is 8.83. The smallest absolute Gasteiger partial charge is 0.0596 e. The lowest BCUT2D eigenvalue weighted by Gasteiger charge is -2.52. The van der Waals surface area contributed by atoms with Crippen LogP contribution < -0.4 is 5.32 Å². The first-order valence-electron chi connectivity index (χ1n) is 7.25. The van der Waals surface area contributed by atoms with E-state index in [4.69, 9.17) is 0 Å². The minimum Gasteiger partial charge on any atom is -0.393 e. The zero-order chi connectivity index (χ0) is 12.4. The molecular weight excluding hydrogens is 222 g/mol. The third-order valence-corrected chi connectivity index (χ3v) is 4.90. The van der Waals surface area contributed by atoms with Crippen LogP contribution in [0.5, 0.6) is 0 Å². The van der Waals surface area contributed by atoms with Crippen molar-refractivity contribution in [3.05, 3.63) is 36.7 Å². The molecule has 0 saturated heterocycles. The Morgan fingerprint density at radius 2 is 1.22 bits per heavy atom. The first-order valence-corrected chi connectivity index (χ1v) is 7.25. The molecule has 0 unspecified atom stereocenters. The van der Waals surface area contributed by atoms with Crippen molar-refractivity contribution in [1.29, 1.82) is 0 Å². The van der Waals surface area contributed by atoms with E-state index >= 15 is 0 Å². The molecule has 0 aromatic heterocycles. The Balaban J connectivity index is 0.000000125. The highest BCUT2D eigenvalue weighted by atomic mass is 16.3. The van der Waals surface area contributed by atoms with Gasteiger partial charge in [0.1, 0.15) is 0 Å². The second kappa shape index (κ2) is 5.31. The molecule has 2 heteroatoms. The third-order valence-electron chi connectivity index (χ3n) is 4.90. The van der Waals surface area contributed by atoms with Gasteiger partial charge in [-0.15, -0.1) is 0 Å². The molecule has 4 saturated carbocycles. The topological polar surface area (TPSA) is 32.3 Å². The summed E-state index contributed by atoms with van der Waals surface area (Å²) in [5.41, 5.74) is 0. The second-order valence-electron chi connectivity index (χ2n) is 6.19. The molecular formula is C16H23NO. The van der Waals surface area contributed by atoms with Crippen molar-refractivity contribution in [2.75, 3.05) is 0 Å². The first kappa shape index (κ1) is 12.0. The molecule has 4 bridgehead atoms. The van der Waals surface area contributed by atoms with E-state index in [0.717, 1.165) is 11.8 Å². The fraction of sp³-hybridized carbons (Fsp3) is 0.625. The number of aliphatic hydroxyl groups excluding tert-OH is 1. The maximum atomic E-state index is 9.83. The van der Waals surface area contributed by atoms with E-state index in [0.29, 0.717) is 11.8 Å².